The third-order valence-corrected chi connectivity index (χ3v) is 4.70. The molecule has 0 aliphatic rings. The highest BCUT2D eigenvalue weighted by atomic mass is 32.2. The Hall–Kier alpha value is -3.20. The maximum Gasteiger partial charge on any atom is 0.336 e. The second kappa shape index (κ2) is 8.45. The van der Waals surface area contributed by atoms with Gasteiger partial charge in [0, 0.05) is 5.56 Å². The second-order valence-corrected chi connectivity index (χ2v) is 7.70. The second-order valence-electron chi connectivity index (χ2n) is 5.79. The lowest BCUT2D eigenvalue weighted by atomic mass is 10.1. The van der Waals surface area contributed by atoms with Gasteiger partial charge in [-0.2, -0.15) is 5.10 Å². The van der Waals surface area contributed by atoms with Gasteiger partial charge in [0.2, 0.25) is 10.0 Å². The highest BCUT2D eigenvalue weighted by Crippen LogP contribution is 2.18. The van der Waals surface area contributed by atoms with E-state index in [-0.39, 0.29) is 5.56 Å². The number of carboxylic acid groups (broad SMARTS) is 1. The molecule has 0 atom stereocenters. The summed E-state index contributed by atoms with van der Waals surface area (Å²) < 4.78 is 25.0. The molecule has 2 aromatic rings. The average molecular weight is 389 g/mol. The minimum absolute atomic E-state index is 0.0352. The van der Waals surface area contributed by atoms with E-state index >= 15 is 0 Å². The van der Waals surface area contributed by atoms with Crippen molar-refractivity contribution in [2.45, 2.75) is 6.92 Å². The number of rotatable bonds is 7. The first-order chi connectivity index (χ1) is 12.7. The van der Waals surface area contributed by atoms with Crippen LogP contribution in [-0.4, -0.2) is 44.4 Å². The zero-order valence-corrected chi connectivity index (χ0v) is 15.6. The minimum atomic E-state index is -3.68. The number of sulfonamides is 1. The van der Waals surface area contributed by atoms with E-state index in [0.29, 0.717) is 11.3 Å². The molecule has 0 aliphatic heterocycles. The van der Waals surface area contributed by atoms with Crippen LogP contribution in [0.5, 0.6) is 0 Å². The Kier molecular flexibility index (Phi) is 6.30. The molecule has 0 bridgehead atoms. The van der Waals surface area contributed by atoms with Crippen molar-refractivity contribution >= 4 is 33.8 Å². The van der Waals surface area contributed by atoms with Crippen LogP contribution in [0.15, 0.2) is 53.6 Å². The van der Waals surface area contributed by atoms with Crippen molar-refractivity contribution in [3.8, 4) is 0 Å². The molecule has 0 unspecified atom stereocenters. The van der Waals surface area contributed by atoms with E-state index in [1.165, 1.54) is 18.3 Å². The van der Waals surface area contributed by atoms with Gasteiger partial charge in [0.25, 0.3) is 5.91 Å². The summed E-state index contributed by atoms with van der Waals surface area (Å²) in [6.07, 6.45) is 2.20. The summed E-state index contributed by atoms with van der Waals surface area (Å²) >= 11 is 0. The summed E-state index contributed by atoms with van der Waals surface area (Å²) in [5.41, 5.74) is 3.78. The number of carbonyl (C=O) groups is 2. The SMILES string of the molecule is Cc1cccc(N(CC(=O)N/N=C\c2ccccc2C(=O)O)S(C)(=O)=O)c1. The van der Waals surface area contributed by atoms with E-state index in [1.807, 2.05) is 13.0 Å². The summed E-state index contributed by atoms with van der Waals surface area (Å²) in [6, 6.07) is 12.9. The summed E-state index contributed by atoms with van der Waals surface area (Å²) in [5, 5.41) is 12.8. The van der Waals surface area contributed by atoms with Crippen LogP contribution in [0.2, 0.25) is 0 Å². The van der Waals surface area contributed by atoms with Gasteiger partial charge in [-0.1, -0.05) is 30.3 Å². The van der Waals surface area contributed by atoms with Gasteiger partial charge in [-0.3, -0.25) is 9.10 Å². The molecule has 9 heteroatoms. The fourth-order valence-electron chi connectivity index (χ4n) is 2.33. The number of nitrogens with one attached hydrogen (secondary N) is 1. The molecule has 0 spiro atoms. The molecule has 8 nitrogen and oxygen atoms in total. The molecule has 0 fully saturated rings. The lowest BCUT2D eigenvalue weighted by Gasteiger charge is -2.21. The summed E-state index contributed by atoms with van der Waals surface area (Å²) in [4.78, 5) is 23.3. The lowest BCUT2D eigenvalue weighted by molar-refractivity contribution is -0.119. The number of aromatic carboxylic acids is 1. The molecule has 0 aliphatic carbocycles. The van der Waals surface area contributed by atoms with Crippen molar-refractivity contribution in [3.05, 3.63) is 65.2 Å². The van der Waals surface area contributed by atoms with Gasteiger partial charge in [0.05, 0.1) is 23.7 Å². The molecule has 2 aromatic carbocycles. The molecule has 2 N–H and O–H groups in total. The molecule has 2 rings (SSSR count). The van der Waals surface area contributed by atoms with E-state index in [9.17, 15) is 18.0 Å². The zero-order chi connectivity index (χ0) is 20.0. The molecule has 27 heavy (non-hydrogen) atoms. The van der Waals surface area contributed by atoms with Crippen molar-refractivity contribution in [1.29, 1.82) is 0 Å². The number of anilines is 1. The Morgan fingerprint density at radius 2 is 1.89 bits per heavy atom. The summed E-state index contributed by atoms with van der Waals surface area (Å²) in [5.74, 6) is -1.78. The van der Waals surface area contributed by atoms with Gasteiger partial charge in [0.15, 0.2) is 0 Å². The smallest absolute Gasteiger partial charge is 0.336 e. The first-order valence-electron chi connectivity index (χ1n) is 7.87. The largest absolute Gasteiger partial charge is 0.478 e. The number of amides is 1. The summed E-state index contributed by atoms with van der Waals surface area (Å²) in [7, 11) is -3.68. The van der Waals surface area contributed by atoms with Crippen molar-refractivity contribution in [2.75, 3.05) is 17.1 Å². The van der Waals surface area contributed by atoms with Crippen LogP contribution in [0, 0.1) is 6.92 Å². The monoisotopic (exact) mass is 389 g/mol. The Bertz CT molecular complexity index is 986. The van der Waals surface area contributed by atoms with E-state index in [2.05, 4.69) is 10.5 Å². The Labute approximate surface area is 157 Å². The number of carboxylic acids is 1. The van der Waals surface area contributed by atoms with Gasteiger partial charge < -0.3 is 5.11 Å². The number of aryl methyl sites for hydroxylation is 1. The Morgan fingerprint density at radius 1 is 1.19 bits per heavy atom. The number of hydrogen-bond acceptors (Lipinski definition) is 5. The Morgan fingerprint density at radius 3 is 2.52 bits per heavy atom. The van der Waals surface area contributed by atoms with Gasteiger partial charge in [-0.05, 0) is 30.7 Å². The maximum absolute atomic E-state index is 12.1. The van der Waals surface area contributed by atoms with Crippen molar-refractivity contribution in [3.63, 3.8) is 0 Å². The topological polar surface area (TPSA) is 116 Å². The standard InChI is InChI=1S/C18H19N3O5S/c1-13-6-5-8-15(10-13)21(27(2,25)26)12-17(22)20-19-11-14-7-3-4-9-16(14)18(23)24/h3-11H,12H2,1-2H3,(H,20,22)(H,23,24)/b19-11-. The molecule has 142 valence electrons. The van der Waals surface area contributed by atoms with Crippen LogP contribution in [-0.2, 0) is 14.8 Å². The van der Waals surface area contributed by atoms with Gasteiger partial charge in [0.1, 0.15) is 6.54 Å². The van der Waals surface area contributed by atoms with E-state index in [1.54, 1.807) is 30.3 Å². The molecule has 0 aromatic heterocycles. The number of benzene rings is 2. The van der Waals surface area contributed by atoms with E-state index in [4.69, 9.17) is 5.11 Å². The third kappa shape index (κ3) is 5.65. The maximum atomic E-state index is 12.1. The predicted molar refractivity (Wildman–Crippen MR) is 103 cm³/mol. The van der Waals surface area contributed by atoms with Crippen LogP contribution in [0.1, 0.15) is 21.5 Å². The zero-order valence-electron chi connectivity index (χ0n) is 14.8. The van der Waals surface area contributed by atoms with Gasteiger partial charge in [-0.25, -0.2) is 18.6 Å². The number of nitrogens with zero attached hydrogens (tertiary/aromatic N) is 2. The van der Waals surface area contributed by atoms with Crippen LogP contribution >= 0.6 is 0 Å². The number of hydrazone groups is 1. The fraction of sp³-hybridized carbons (Fsp3) is 0.167. The summed E-state index contributed by atoms with van der Waals surface area (Å²) in [6.45, 7) is 1.36. The van der Waals surface area contributed by atoms with Crippen LogP contribution in [0.4, 0.5) is 5.69 Å². The molecule has 0 saturated heterocycles. The quantitative estimate of drug-likeness (QED) is 0.551. The first-order valence-corrected chi connectivity index (χ1v) is 9.72. The van der Waals surface area contributed by atoms with Crippen molar-refractivity contribution in [1.82, 2.24) is 5.43 Å². The molecule has 0 saturated carbocycles. The molecule has 0 radical (unpaired) electrons. The third-order valence-electron chi connectivity index (χ3n) is 3.56. The average Bonchev–Trinajstić information content (AvgIpc) is 2.59. The molecular formula is C18H19N3O5S. The van der Waals surface area contributed by atoms with Crippen molar-refractivity contribution < 1.29 is 23.1 Å². The highest BCUT2D eigenvalue weighted by Gasteiger charge is 2.20. The van der Waals surface area contributed by atoms with Gasteiger partial charge >= 0.3 is 5.97 Å². The predicted octanol–water partition coefficient (Wildman–Crippen LogP) is 1.61. The Balaban J connectivity index is 2.12. The minimum Gasteiger partial charge on any atom is -0.478 e. The molecule has 1 amide bonds. The van der Waals surface area contributed by atoms with Gasteiger partial charge in [-0.15, -0.1) is 0 Å². The van der Waals surface area contributed by atoms with E-state index in [0.717, 1.165) is 16.1 Å². The first kappa shape index (κ1) is 20.1. The lowest BCUT2D eigenvalue weighted by Crippen LogP contribution is -2.39. The van der Waals surface area contributed by atoms with Crippen LogP contribution in [0.25, 0.3) is 0 Å². The van der Waals surface area contributed by atoms with Crippen LogP contribution in [0.3, 0.4) is 0 Å². The molecular weight excluding hydrogens is 370 g/mol. The normalized spacial score (nSPS) is 11.3. The van der Waals surface area contributed by atoms with Crippen molar-refractivity contribution in [2.24, 2.45) is 5.10 Å². The fourth-order valence-corrected chi connectivity index (χ4v) is 3.18. The highest BCUT2D eigenvalue weighted by molar-refractivity contribution is 7.92. The number of carbonyl (C=O) groups excluding carboxylic acids is 1. The molecule has 0 heterocycles. The van der Waals surface area contributed by atoms with E-state index < -0.39 is 28.4 Å². The van der Waals surface area contributed by atoms with Crippen LogP contribution < -0.4 is 9.73 Å². The number of hydrogen-bond donors (Lipinski definition) is 2.